The van der Waals surface area contributed by atoms with Gasteiger partial charge in [0.25, 0.3) is 10.0 Å². The average Bonchev–Trinajstić information content (AvgIpc) is 2.87. The number of benzene rings is 2. The van der Waals surface area contributed by atoms with Crippen LogP contribution in [0.4, 0.5) is 0 Å². The third kappa shape index (κ3) is 7.34. The van der Waals surface area contributed by atoms with E-state index in [2.05, 4.69) is 10.0 Å². The van der Waals surface area contributed by atoms with Gasteiger partial charge in [-0.15, -0.1) is 0 Å². The van der Waals surface area contributed by atoms with Crippen molar-refractivity contribution in [2.24, 2.45) is 17.3 Å². The van der Waals surface area contributed by atoms with Crippen LogP contribution in [0.2, 0.25) is 0 Å². The number of sulfonamides is 1. The Labute approximate surface area is 226 Å². The molecule has 2 aromatic rings. The molecule has 3 rings (SSSR count). The van der Waals surface area contributed by atoms with Gasteiger partial charge < -0.3 is 10.2 Å². The molecule has 0 aliphatic heterocycles. The quantitative estimate of drug-likeness (QED) is 0.460. The van der Waals surface area contributed by atoms with Gasteiger partial charge in [0.1, 0.15) is 5.92 Å². The standard InChI is InChI=1S/C29H41N3O5S/c1-6-32(7-2)27(34)25(18-20-12-15-23(16-13-20)30-28(35)29(3,4)5)26(33)31-38(36,37)24-17-14-21-10-8-9-11-22(21)19-24/h8-11,14,17,19-20,23,25H,6-7,12-13,15-16,18H2,1-5H3,(H,30,35)(H,31,33)/t20-,23+,25?. The van der Waals surface area contributed by atoms with Crippen LogP contribution < -0.4 is 10.0 Å². The number of hydrogen-bond acceptors (Lipinski definition) is 5. The summed E-state index contributed by atoms with van der Waals surface area (Å²) >= 11 is 0. The van der Waals surface area contributed by atoms with E-state index in [-0.39, 0.29) is 35.1 Å². The second-order valence-corrected chi connectivity index (χ2v) is 12.9. The fraction of sp³-hybridized carbons (Fsp3) is 0.552. The first-order valence-corrected chi connectivity index (χ1v) is 15.0. The second-order valence-electron chi connectivity index (χ2n) is 11.2. The number of rotatable bonds is 9. The normalized spacial score (nSPS) is 19.0. The number of hydrogen-bond donors (Lipinski definition) is 2. The van der Waals surface area contributed by atoms with Gasteiger partial charge in [0.2, 0.25) is 17.7 Å². The van der Waals surface area contributed by atoms with E-state index in [0.717, 1.165) is 36.5 Å². The van der Waals surface area contributed by atoms with Gasteiger partial charge in [0.05, 0.1) is 4.90 Å². The molecule has 2 aromatic carbocycles. The van der Waals surface area contributed by atoms with Gasteiger partial charge in [-0.25, -0.2) is 13.1 Å². The lowest BCUT2D eigenvalue weighted by Gasteiger charge is -2.33. The molecule has 2 N–H and O–H groups in total. The maximum absolute atomic E-state index is 13.4. The molecule has 3 amide bonds. The fourth-order valence-electron chi connectivity index (χ4n) is 4.95. The van der Waals surface area contributed by atoms with Crippen molar-refractivity contribution >= 4 is 38.5 Å². The summed E-state index contributed by atoms with van der Waals surface area (Å²) in [6.07, 6.45) is 3.29. The summed E-state index contributed by atoms with van der Waals surface area (Å²) in [6, 6.07) is 12.1. The number of nitrogens with one attached hydrogen (secondary N) is 2. The fourth-order valence-corrected chi connectivity index (χ4v) is 6.00. The summed E-state index contributed by atoms with van der Waals surface area (Å²) in [4.78, 5) is 40.6. The highest BCUT2D eigenvalue weighted by atomic mass is 32.2. The number of amides is 3. The Kier molecular flexibility index (Phi) is 9.57. The molecule has 0 heterocycles. The van der Waals surface area contributed by atoms with Gasteiger partial charge in [-0.1, -0.05) is 51.1 Å². The molecule has 1 atom stereocenters. The van der Waals surface area contributed by atoms with Crippen LogP contribution in [-0.4, -0.2) is 50.2 Å². The summed E-state index contributed by atoms with van der Waals surface area (Å²) in [6.45, 7) is 10.2. The Hall–Kier alpha value is -2.94. The van der Waals surface area contributed by atoms with Crippen molar-refractivity contribution < 1.29 is 22.8 Å². The van der Waals surface area contributed by atoms with Crippen LogP contribution in [0, 0.1) is 17.3 Å². The first-order chi connectivity index (χ1) is 17.9. The van der Waals surface area contributed by atoms with E-state index in [9.17, 15) is 22.8 Å². The molecule has 8 nitrogen and oxygen atoms in total. The third-order valence-corrected chi connectivity index (χ3v) is 8.73. The molecular formula is C29H41N3O5S. The first kappa shape index (κ1) is 29.6. The Morgan fingerprint density at radius 3 is 2.13 bits per heavy atom. The van der Waals surface area contributed by atoms with Crippen molar-refractivity contribution in [3.05, 3.63) is 42.5 Å². The van der Waals surface area contributed by atoms with E-state index in [1.807, 2.05) is 58.9 Å². The monoisotopic (exact) mass is 543 g/mol. The average molecular weight is 544 g/mol. The van der Waals surface area contributed by atoms with Gasteiger partial charge in [-0.05, 0) is 74.8 Å². The highest BCUT2D eigenvalue weighted by molar-refractivity contribution is 7.90. The lowest BCUT2D eigenvalue weighted by molar-refractivity contribution is -0.142. The lowest BCUT2D eigenvalue weighted by atomic mass is 9.80. The Morgan fingerprint density at radius 1 is 0.947 bits per heavy atom. The van der Waals surface area contributed by atoms with Gasteiger partial charge in [-0.2, -0.15) is 0 Å². The van der Waals surface area contributed by atoms with Crippen molar-refractivity contribution in [2.75, 3.05) is 13.1 Å². The van der Waals surface area contributed by atoms with E-state index in [4.69, 9.17) is 0 Å². The van der Waals surface area contributed by atoms with E-state index < -0.39 is 27.3 Å². The zero-order valence-corrected chi connectivity index (χ0v) is 23.9. The molecule has 1 saturated carbocycles. The number of carbonyl (C=O) groups is 3. The summed E-state index contributed by atoms with van der Waals surface area (Å²) in [5.41, 5.74) is -0.466. The van der Waals surface area contributed by atoms with Crippen molar-refractivity contribution in [3.63, 3.8) is 0 Å². The van der Waals surface area contributed by atoms with Gasteiger partial charge >= 0.3 is 0 Å². The van der Waals surface area contributed by atoms with Crippen LogP contribution in [0.3, 0.4) is 0 Å². The van der Waals surface area contributed by atoms with Crippen molar-refractivity contribution in [3.8, 4) is 0 Å². The van der Waals surface area contributed by atoms with Gasteiger partial charge in [0, 0.05) is 24.5 Å². The summed E-state index contributed by atoms with van der Waals surface area (Å²) in [5, 5.41) is 4.74. The molecule has 0 radical (unpaired) electrons. The van der Waals surface area contributed by atoms with Gasteiger partial charge in [0.15, 0.2) is 0 Å². The van der Waals surface area contributed by atoms with Crippen molar-refractivity contribution in [2.45, 2.75) is 77.7 Å². The van der Waals surface area contributed by atoms with Crippen LogP contribution in [-0.2, 0) is 24.4 Å². The molecule has 9 heteroatoms. The largest absolute Gasteiger partial charge is 0.353 e. The number of nitrogens with zero attached hydrogens (tertiary/aromatic N) is 1. The van der Waals surface area contributed by atoms with Crippen LogP contribution >= 0.6 is 0 Å². The maximum atomic E-state index is 13.4. The molecule has 208 valence electrons. The highest BCUT2D eigenvalue weighted by Crippen LogP contribution is 2.31. The predicted molar refractivity (Wildman–Crippen MR) is 149 cm³/mol. The molecule has 1 fully saturated rings. The Morgan fingerprint density at radius 2 is 1.55 bits per heavy atom. The minimum Gasteiger partial charge on any atom is -0.353 e. The molecule has 38 heavy (non-hydrogen) atoms. The SMILES string of the molecule is CCN(CC)C(=O)C(C[C@H]1CC[C@@H](NC(=O)C(C)(C)C)CC1)C(=O)NS(=O)(=O)c1ccc2ccccc2c1. The predicted octanol–water partition coefficient (Wildman–Crippen LogP) is 4.24. The van der Waals surface area contributed by atoms with Crippen LogP contribution in [0.5, 0.6) is 0 Å². The first-order valence-electron chi connectivity index (χ1n) is 13.5. The molecule has 1 unspecified atom stereocenters. The van der Waals surface area contributed by atoms with E-state index >= 15 is 0 Å². The van der Waals surface area contributed by atoms with Crippen molar-refractivity contribution in [1.29, 1.82) is 0 Å². The molecule has 0 spiro atoms. The Bertz CT molecular complexity index is 1260. The topological polar surface area (TPSA) is 113 Å². The number of fused-ring (bicyclic) bond motifs is 1. The smallest absolute Gasteiger partial charge is 0.264 e. The highest BCUT2D eigenvalue weighted by Gasteiger charge is 2.36. The summed E-state index contributed by atoms with van der Waals surface area (Å²) in [7, 11) is -4.16. The van der Waals surface area contributed by atoms with E-state index in [1.54, 1.807) is 11.0 Å². The maximum Gasteiger partial charge on any atom is 0.264 e. The number of carbonyl (C=O) groups excluding carboxylic acids is 3. The second kappa shape index (κ2) is 12.3. The summed E-state index contributed by atoms with van der Waals surface area (Å²) < 4.78 is 28.5. The van der Waals surface area contributed by atoms with Crippen LogP contribution in [0.15, 0.2) is 47.4 Å². The molecular weight excluding hydrogens is 502 g/mol. The summed E-state index contributed by atoms with van der Waals surface area (Å²) in [5.74, 6) is -2.16. The van der Waals surface area contributed by atoms with Gasteiger partial charge in [-0.3, -0.25) is 14.4 Å². The molecule has 1 aliphatic carbocycles. The van der Waals surface area contributed by atoms with Crippen LogP contribution in [0.1, 0.15) is 66.7 Å². The zero-order chi connectivity index (χ0) is 28.1. The minimum absolute atomic E-state index is 0.00816. The van der Waals surface area contributed by atoms with Crippen LogP contribution in [0.25, 0.3) is 10.8 Å². The van der Waals surface area contributed by atoms with Crippen molar-refractivity contribution in [1.82, 2.24) is 14.9 Å². The van der Waals surface area contributed by atoms with E-state index in [0.29, 0.717) is 13.1 Å². The minimum atomic E-state index is -4.16. The zero-order valence-electron chi connectivity index (χ0n) is 23.1. The lowest BCUT2D eigenvalue weighted by Crippen LogP contribution is -2.47. The molecule has 0 saturated heterocycles. The van der Waals surface area contributed by atoms with E-state index in [1.165, 1.54) is 12.1 Å². The Balaban J connectivity index is 1.74. The molecule has 0 aromatic heterocycles. The molecule has 0 bridgehead atoms. The third-order valence-electron chi connectivity index (χ3n) is 7.39. The molecule has 1 aliphatic rings.